The van der Waals surface area contributed by atoms with Crippen LogP contribution in [-0.2, 0) is 11.8 Å². The summed E-state index contributed by atoms with van der Waals surface area (Å²) in [6.45, 7) is 1.42. The molecule has 0 bridgehead atoms. The summed E-state index contributed by atoms with van der Waals surface area (Å²) in [7, 11) is 3.59. The predicted octanol–water partition coefficient (Wildman–Crippen LogP) is 1.33. The van der Waals surface area contributed by atoms with Gasteiger partial charge in [-0.1, -0.05) is 0 Å². The predicted molar refractivity (Wildman–Crippen MR) is 95.3 cm³/mol. The lowest BCUT2D eigenvalue weighted by Gasteiger charge is -2.20. The van der Waals surface area contributed by atoms with Crippen molar-refractivity contribution < 1.29 is 4.79 Å². The smallest absolute Gasteiger partial charge is 0.225 e. The van der Waals surface area contributed by atoms with Crippen molar-refractivity contribution in [1.29, 1.82) is 0 Å². The van der Waals surface area contributed by atoms with Crippen molar-refractivity contribution in [3.05, 3.63) is 48.7 Å². The third kappa shape index (κ3) is 2.71. The molecule has 3 aromatic rings. The molecule has 0 radical (unpaired) electrons. The Morgan fingerprint density at radius 1 is 1.24 bits per heavy atom. The molecule has 0 unspecified atom stereocenters. The van der Waals surface area contributed by atoms with Crippen LogP contribution in [0.15, 0.2) is 43.1 Å². The quantitative estimate of drug-likeness (QED) is 0.781. The van der Waals surface area contributed by atoms with E-state index in [0.29, 0.717) is 6.54 Å². The molecular formula is C18H20N6O. The van der Waals surface area contributed by atoms with Crippen molar-refractivity contribution in [3.63, 3.8) is 0 Å². The molecule has 4 rings (SSSR count). The van der Waals surface area contributed by atoms with Gasteiger partial charge in [0.25, 0.3) is 0 Å². The second kappa shape index (κ2) is 6.16. The third-order valence-electron chi connectivity index (χ3n) is 4.92. The van der Waals surface area contributed by atoms with Crippen LogP contribution in [-0.4, -0.2) is 45.8 Å². The van der Waals surface area contributed by atoms with Crippen molar-refractivity contribution in [3.8, 4) is 0 Å². The van der Waals surface area contributed by atoms with E-state index < -0.39 is 0 Å². The number of rotatable bonds is 3. The highest BCUT2D eigenvalue weighted by Crippen LogP contribution is 2.37. The molecular weight excluding hydrogens is 316 g/mol. The summed E-state index contributed by atoms with van der Waals surface area (Å²) >= 11 is 0. The fourth-order valence-electron chi connectivity index (χ4n) is 3.67. The van der Waals surface area contributed by atoms with E-state index >= 15 is 0 Å². The lowest BCUT2D eigenvalue weighted by Crippen LogP contribution is -2.32. The highest BCUT2D eigenvalue weighted by Gasteiger charge is 2.39. The molecule has 1 aliphatic rings. The molecule has 1 fully saturated rings. The van der Waals surface area contributed by atoms with Gasteiger partial charge in [-0.3, -0.25) is 19.4 Å². The van der Waals surface area contributed by atoms with Crippen LogP contribution in [0.25, 0.3) is 10.9 Å². The Balaban J connectivity index is 1.73. The molecule has 0 saturated carbocycles. The monoisotopic (exact) mass is 336 g/mol. The van der Waals surface area contributed by atoms with Crippen LogP contribution >= 0.6 is 0 Å². The lowest BCUT2D eigenvalue weighted by atomic mass is 9.90. The molecule has 0 aromatic carbocycles. The Labute approximate surface area is 145 Å². The summed E-state index contributed by atoms with van der Waals surface area (Å²) in [4.78, 5) is 23.3. The van der Waals surface area contributed by atoms with Crippen molar-refractivity contribution in [1.82, 2.24) is 25.1 Å². The van der Waals surface area contributed by atoms with Gasteiger partial charge in [-0.05, 0) is 17.7 Å². The molecule has 2 atom stereocenters. The van der Waals surface area contributed by atoms with E-state index in [2.05, 4.69) is 25.3 Å². The van der Waals surface area contributed by atoms with Gasteiger partial charge in [-0.25, -0.2) is 0 Å². The SMILES string of the molecule is CNC(=O)[C@H]1CN(c2ccnc3ccncc23)C[C@@H]1c1cnn(C)c1. The number of fused-ring (bicyclic) bond motifs is 1. The normalized spacial score (nSPS) is 20.2. The molecule has 3 aromatic heterocycles. The average molecular weight is 336 g/mol. The fraction of sp³-hybridized carbons (Fsp3) is 0.333. The Bertz CT molecular complexity index is 915. The van der Waals surface area contributed by atoms with Crippen molar-refractivity contribution in [2.45, 2.75) is 5.92 Å². The number of carbonyl (C=O) groups is 1. The van der Waals surface area contributed by atoms with Gasteiger partial charge < -0.3 is 10.2 Å². The van der Waals surface area contributed by atoms with Crippen LogP contribution in [0.3, 0.4) is 0 Å². The minimum Gasteiger partial charge on any atom is -0.369 e. The first-order chi connectivity index (χ1) is 12.2. The topological polar surface area (TPSA) is 75.9 Å². The Hall–Kier alpha value is -2.96. The van der Waals surface area contributed by atoms with E-state index in [4.69, 9.17) is 0 Å². The highest BCUT2D eigenvalue weighted by atomic mass is 16.1. The lowest BCUT2D eigenvalue weighted by molar-refractivity contribution is -0.124. The summed E-state index contributed by atoms with van der Waals surface area (Å²) in [5.41, 5.74) is 3.07. The molecule has 4 heterocycles. The number of aromatic nitrogens is 4. The van der Waals surface area contributed by atoms with Gasteiger partial charge in [0.05, 0.1) is 17.6 Å². The first-order valence-electron chi connectivity index (χ1n) is 8.31. The fourth-order valence-corrected chi connectivity index (χ4v) is 3.67. The minimum absolute atomic E-state index is 0.0628. The molecule has 0 spiro atoms. The molecule has 0 aliphatic carbocycles. The van der Waals surface area contributed by atoms with E-state index in [1.165, 1.54) is 0 Å². The van der Waals surface area contributed by atoms with E-state index in [1.807, 2.05) is 44.0 Å². The standard InChI is InChI=1S/C18H20N6O/c1-19-18(25)15-11-24(10-14(15)12-7-22-23(2)9-12)17-4-6-21-16-3-5-20-8-13(16)17/h3-9,14-15H,10-11H2,1-2H3,(H,19,25)/t14-,15+/m1/s1. The Morgan fingerprint density at radius 3 is 2.88 bits per heavy atom. The van der Waals surface area contributed by atoms with Gasteiger partial charge in [0, 0.05) is 69.0 Å². The Kier molecular flexibility index (Phi) is 3.83. The van der Waals surface area contributed by atoms with Gasteiger partial charge in [0.15, 0.2) is 0 Å². The second-order valence-electron chi connectivity index (χ2n) is 6.40. The molecule has 7 nitrogen and oxygen atoms in total. The molecule has 1 amide bonds. The number of carbonyl (C=O) groups excluding carboxylic acids is 1. The van der Waals surface area contributed by atoms with Crippen molar-refractivity contribution >= 4 is 22.5 Å². The number of aryl methyl sites for hydroxylation is 1. The maximum absolute atomic E-state index is 12.5. The van der Waals surface area contributed by atoms with E-state index in [9.17, 15) is 4.79 Å². The van der Waals surface area contributed by atoms with Crippen LogP contribution < -0.4 is 10.2 Å². The second-order valence-corrected chi connectivity index (χ2v) is 6.40. The molecule has 1 N–H and O–H groups in total. The number of amides is 1. The Morgan fingerprint density at radius 2 is 2.12 bits per heavy atom. The zero-order chi connectivity index (χ0) is 17.4. The summed E-state index contributed by atoms with van der Waals surface area (Å²) < 4.78 is 1.78. The van der Waals surface area contributed by atoms with Crippen molar-refractivity contribution in [2.75, 3.05) is 25.0 Å². The van der Waals surface area contributed by atoms with E-state index in [-0.39, 0.29) is 17.7 Å². The van der Waals surface area contributed by atoms with Gasteiger partial charge in [-0.15, -0.1) is 0 Å². The zero-order valence-corrected chi connectivity index (χ0v) is 14.3. The van der Waals surface area contributed by atoms with Crippen LogP contribution in [0.4, 0.5) is 5.69 Å². The van der Waals surface area contributed by atoms with Gasteiger partial charge >= 0.3 is 0 Å². The average Bonchev–Trinajstić information content (AvgIpc) is 3.27. The minimum atomic E-state index is -0.117. The largest absolute Gasteiger partial charge is 0.369 e. The van der Waals surface area contributed by atoms with E-state index in [1.54, 1.807) is 17.9 Å². The van der Waals surface area contributed by atoms with Gasteiger partial charge in [0.1, 0.15) is 0 Å². The summed E-state index contributed by atoms with van der Waals surface area (Å²) in [6, 6.07) is 3.90. The number of pyridine rings is 2. The summed E-state index contributed by atoms with van der Waals surface area (Å²) in [5, 5.41) is 8.09. The third-order valence-corrected chi connectivity index (χ3v) is 4.92. The van der Waals surface area contributed by atoms with Crippen LogP contribution in [0, 0.1) is 5.92 Å². The summed E-state index contributed by atoms with van der Waals surface area (Å²) in [6.07, 6.45) is 9.25. The maximum atomic E-state index is 12.5. The number of hydrogen-bond acceptors (Lipinski definition) is 5. The summed E-state index contributed by atoms with van der Waals surface area (Å²) in [5.74, 6) is 0.0514. The van der Waals surface area contributed by atoms with Crippen LogP contribution in [0.2, 0.25) is 0 Å². The molecule has 1 aliphatic heterocycles. The molecule has 128 valence electrons. The zero-order valence-electron chi connectivity index (χ0n) is 14.3. The molecule has 7 heteroatoms. The maximum Gasteiger partial charge on any atom is 0.225 e. The number of nitrogens with zero attached hydrogens (tertiary/aromatic N) is 5. The number of nitrogens with one attached hydrogen (secondary N) is 1. The van der Waals surface area contributed by atoms with Gasteiger partial charge in [0.2, 0.25) is 5.91 Å². The first-order valence-corrected chi connectivity index (χ1v) is 8.31. The number of anilines is 1. The van der Waals surface area contributed by atoms with Crippen molar-refractivity contribution in [2.24, 2.45) is 13.0 Å². The van der Waals surface area contributed by atoms with Crippen LogP contribution in [0.1, 0.15) is 11.5 Å². The molecule has 1 saturated heterocycles. The van der Waals surface area contributed by atoms with Crippen LogP contribution in [0.5, 0.6) is 0 Å². The number of hydrogen-bond donors (Lipinski definition) is 1. The first kappa shape index (κ1) is 15.6. The van der Waals surface area contributed by atoms with Gasteiger partial charge in [-0.2, -0.15) is 5.10 Å². The highest BCUT2D eigenvalue weighted by molar-refractivity contribution is 5.91. The molecule has 25 heavy (non-hydrogen) atoms. The van der Waals surface area contributed by atoms with E-state index in [0.717, 1.165) is 28.7 Å².